The Morgan fingerprint density at radius 3 is 2.54 bits per heavy atom. The second kappa shape index (κ2) is 4.53. The van der Waals surface area contributed by atoms with Crippen molar-refractivity contribution in [2.45, 2.75) is 11.8 Å². The molecule has 0 radical (unpaired) electrons. The van der Waals surface area contributed by atoms with Gasteiger partial charge in [-0.2, -0.15) is 0 Å². The Morgan fingerprint density at radius 2 is 2.08 bits per heavy atom. The first-order valence-electron chi connectivity index (χ1n) is 3.25. The van der Waals surface area contributed by atoms with Gasteiger partial charge < -0.3 is 0 Å². The lowest BCUT2D eigenvalue weighted by atomic mass is 10.2. The molecule has 1 heterocycles. The van der Waals surface area contributed by atoms with Crippen LogP contribution in [0.25, 0.3) is 0 Å². The Kier molecular flexibility index (Phi) is 3.88. The topological polar surface area (TPSA) is 12.9 Å². The smallest absolute Gasteiger partial charge is 0.235 e. The maximum atomic E-state index is 12.4. The highest BCUT2D eigenvalue weighted by molar-refractivity contribution is 9.08. The van der Waals surface area contributed by atoms with Gasteiger partial charge in [0.1, 0.15) is 10.8 Å². The van der Waals surface area contributed by atoms with Gasteiger partial charge in [0.25, 0.3) is 6.43 Å². The van der Waals surface area contributed by atoms with E-state index in [4.69, 9.17) is 23.2 Å². The number of halogens is 5. The van der Waals surface area contributed by atoms with Gasteiger partial charge in [0, 0.05) is 15.9 Å². The van der Waals surface area contributed by atoms with Crippen molar-refractivity contribution >= 4 is 39.1 Å². The molecule has 1 aromatic rings. The third kappa shape index (κ3) is 2.51. The monoisotopic (exact) mass is 289 g/mol. The van der Waals surface area contributed by atoms with Gasteiger partial charge in [-0.3, -0.25) is 0 Å². The average molecular weight is 291 g/mol. The van der Waals surface area contributed by atoms with E-state index in [9.17, 15) is 8.78 Å². The molecule has 0 bridgehead atoms. The third-order valence-electron chi connectivity index (χ3n) is 1.41. The molecule has 0 atom stereocenters. The molecule has 0 spiro atoms. The first kappa shape index (κ1) is 11.1. The molecule has 0 aromatic carbocycles. The molecule has 0 N–H and O–H groups in total. The zero-order valence-electron chi connectivity index (χ0n) is 6.20. The number of pyridine rings is 1. The molecular formula is C7H4BrCl2F2N. The average Bonchev–Trinajstić information content (AvgIpc) is 2.02. The lowest BCUT2D eigenvalue weighted by Gasteiger charge is -2.07. The first-order valence-corrected chi connectivity index (χ1v) is 5.13. The number of aromatic nitrogens is 1. The predicted molar refractivity (Wildman–Crippen MR) is 51.8 cm³/mol. The van der Waals surface area contributed by atoms with Crippen molar-refractivity contribution in [2.75, 3.05) is 0 Å². The van der Waals surface area contributed by atoms with E-state index >= 15 is 0 Å². The Bertz CT molecular complexity index is 320. The Balaban J connectivity index is 3.29. The first-order chi connectivity index (χ1) is 6.06. The molecule has 0 saturated heterocycles. The van der Waals surface area contributed by atoms with E-state index in [-0.39, 0.29) is 26.8 Å². The molecule has 1 aromatic heterocycles. The summed E-state index contributed by atoms with van der Waals surface area (Å²) in [7, 11) is 0. The van der Waals surface area contributed by atoms with Crippen LogP contribution in [-0.4, -0.2) is 4.98 Å². The summed E-state index contributed by atoms with van der Waals surface area (Å²) < 4.78 is 24.7. The van der Waals surface area contributed by atoms with Crippen molar-refractivity contribution in [2.24, 2.45) is 0 Å². The molecule has 1 nitrogen and oxygen atoms in total. The third-order valence-corrected chi connectivity index (χ3v) is 2.50. The van der Waals surface area contributed by atoms with Gasteiger partial charge >= 0.3 is 0 Å². The molecule has 0 aliphatic heterocycles. The van der Waals surface area contributed by atoms with E-state index < -0.39 is 6.43 Å². The van der Waals surface area contributed by atoms with E-state index in [0.29, 0.717) is 0 Å². The van der Waals surface area contributed by atoms with Crippen molar-refractivity contribution in [3.8, 4) is 0 Å². The fraction of sp³-hybridized carbons (Fsp3) is 0.286. The van der Waals surface area contributed by atoms with Crippen LogP contribution in [0, 0.1) is 0 Å². The van der Waals surface area contributed by atoms with Crippen LogP contribution >= 0.6 is 39.1 Å². The number of nitrogens with zero attached hydrogens (tertiary/aromatic N) is 1. The minimum atomic E-state index is -2.66. The SMILES string of the molecule is FC(F)c1nc(Cl)cc(Cl)c1CBr. The highest BCUT2D eigenvalue weighted by Crippen LogP contribution is 2.30. The Hall–Kier alpha value is 0.0700. The molecule has 0 unspecified atom stereocenters. The van der Waals surface area contributed by atoms with Crippen molar-refractivity contribution in [1.29, 1.82) is 0 Å². The summed E-state index contributed by atoms with van der Waals surface area (Å²) in [5.74, 6) is 0. The second-order valence-electron chi connectivity index (χ2n) is 2.22. The molecule has 0 aliphatic carbocycles. The van der Waals surface area contributed by atoms with Crippen LogP contribution < -0.4 is 0 Å². The maximum absolute atomic E-state index is 12.4. The summed E-state index contributed by atoms with van der Waals surface area (Å²) in [6.07, 6.45) is -2.66. The minimum Gasteiger partial charge on any atom is -0.235 e. The summed E-state index contributed by atoms with van der Waals surface area (Å²) in [5, 5.41) is 0.410. The Labute approximate surface area is 92.2 Å². The van der Waals surface area contributed by atoms with Crippen molar-refractivity contribution in [1.82, 2.24) is 4.98 Å². The molecule has 0 aliphatic rings. The molecule has 13 heavy (non-hydrogen) atoms. The normalized spacial score (nSPS) is 10.9. The molecule has 0 amide bonds. The standard InChI is InChI=1S/C7H4BrCl2F2N/c8-2-3-4(9)1-5(10)13-6(3)7(11)12/h1,7H,2H2. The lowest BCUT2D eigenvalue weighted by Crippen LogP contribution is -1.97. The van der Waals surface area contributed by atoms with Gasteiger partial charge in [-0.05, 0) is 6.07 Å². The van der Waals surface area contributed by atoms with Crippen LogP contribution in [0.2, 0.25) is 10.2 Å². The number of hydrogen-bond donors (Lipinski definition) is 0. The van der Waals surface area contributed by atoms with Crippen LogP contribution in [0.4, 0.5) is 8.78 Å². The lowest BCUT2D eigenvalue weighted by molar-refractivity contribution is 0.145. The van der Waals surface area contributed by atoms with Crippen LogP contribution in [0.3, 0.4) is 0 Å². The summed E-state index contributed by atoms with van der Waals surface area (Å²) in [6.45, 7) is 0. The number of alkyl halides is 3. The van der Waals surface area contributed by atoms with E-state index in [1.807, 2.05) is 0 Å². The second-order valence-corrected chi connectivity index (χ2v) is 3.58. The van der Waals surface area contributed by atoms with Crippen molar-refractivity contribution in [3.63, 3.8) is 0 Å². The largest absolute Gasteiger partial charge is 0.280 e. The van der Waals surface area contributed by atoms with Gasteiger partial charge in [0.2, 0.25) is 0 Å². The van der Waals surface area contributed by atoms with Crippen LogP contribution in [0.1, 0.15) is 17.7 Å². The summed E-state index contributed by atoms with van der Waals surface area (Å²) >= 11 is 14.2. The summed E-state index contributed by atoms with van der Waals surface area (Å²) in [4.78, 5) is 3.51. The van der Waals surface area contributed by atoms with E-state index in [2.05, 4.69) is 20.9 Å². The van der Waals surface area contributed by atoms with Crippen LogP contribution in [0.15, 0.2) is 6.07 Å². The van der Waals surface area contributed by atoms with Crippen molar-refractivity contribution < 1.29 is 8.78 Å². The van der Waals surface area contributed by atoms with Gasteiger partial charge in [-0.1, -0.05) is 39.1 Å². The van der Waals surface area contributed by atoms with E-state index in [1.165, 1.54) is 6.07 Å². The quantitative estimate of drug-likeness (QED) is 0.587. The van der Waals surface area contributed by atoms with Gasteiger partial charge in [0.05, 0.1) is 0 Å². The van der Waals surface area contributed by atoms with Crippen LogP contribution in [-0.2, 0) is 5.33 Å². The van der Waals surface area contributed by atoms with Crippen molar-refractivity contribution in [3.05, 3.63) is 27.5 Å². The molecule has 1 rings (SSSR count). The predicted octanol–water partition coefficient (Wildman–Crippen LogP) is 4.22. The number of hydrogen-bond acceptors (Lipinski definition) is 1. The van der Waals surface area contributed by atoms with Gasteiger partial charge in [-0.25, -0.2) is 13.8 Å². The van der Waals surface area contributed by atoms with Gasteiger partial charge in [0.15, 0.2) is 0 Å². The number of rotatable bonds is 2. The van der Waals surface area contributed by atoms with Crippen LogP contribution in [0.5, 0.6) is 0 Å². The molecule has 0 saturated carbocycles. The summed E-state index contributed by atoms with van der Waals surface area (Å²) in [6, 6.07) is 1.34. The maximum Gasteiger partial charge on any atom is 0.280 e. The zero-order valence-corrected chi connectivity index (χ0v) is 9.30. The van der Waals surface area contributed by atoms with E-state index in [1.54, 1.807) is 0 Å². The zero-order chi connectivity index (χ0) is 10.0. The molecule has 6 heteroatoms. The molecular weight excluding hydrogens is 287 g/mol. The highest BCUT2D eigenvalue weighted by Gasteiger charge is 2.17. The van der Waals surface area contributed by atoms with Gasteiger partial charge in [-0.15, -0.1) is 0 Å². The fourth-order valence-corrected chi connectivity index (χ4v) is 2.12. The Morgan fingerprint density at radius 1 is 1.46 bits per heavy atom. The van der Waals surface area contributed by atoms with E-state index in [0.717, 1.165) is 0 Å². The highest BCUT2D eigenvalue weighted by atomic mass is 79.9. The minimum absolute atomic E-state index is 0.0231. The molecule has 72 valence electrons. The molecule has 0 fully saturated rings. The summed E-state index contributed by atoms with van der Waals surface area (Å²) in [5.41, 5.74) is -0.0876. The fourth-order valence-electron chi connectivity index (χ4n) is 0.842.